The molecule has 4 saturated carbocycles. The SMILES string of the molecule is O=C(N[C@H]1C[C@@H]1c1ccc(F)cc1)[C@@H]1CN(C(=O)c2ccc(C(=O)N3C[C@@H](C(=O)N[C@H]4C[C@@H]4c4ccc(F)cc4)[C@H](C(=O)N[C@H]4C[C@@H]4c4ccc(F)cc4)C3)cc2)C[C@H]1C(=O)N[C@H]1C[C@@H]1c1ccc(F)cc1. The molecule has 2 heterocycles. The van der Waals surface area contributed by atoms with Crippen molar-refractivity contribution in [3.05, 3.63) is 178 Å². The van der Waals surface area contributed by atoms with Crippen molar-refractivity contribution in [3.8, 4) is 0 Å². The maximum atomic E-state index is 14.2. The first kappa shape index (κ1) is 47.0. The minimum atomic E-state index is -0.875. The molecule has 0 unspecified atom stereocenters. The molecule has 6 amide bonds. The van der Waals surface area contributed by atoms with Gasteiger partial charge in [-0.2, -0.15) is 0 Å². The number of hydrogen-bond acceptors (Lipinski definition) is 6. The van der Waals surface area contributed by atoms with Gasteiger partial charge in [-0.15, -0.1) is 0 Å². The smallest absolute Gasteiger partial charge is 0.253 e. The fourth-order valence-electron chi connectivity index (χ4n) is 11.0. The van der Waals surface area contributed by atoms with E-state index in [9.17, 15) is 46.3 Å². The lowest BCUT2D eigenvalue weighted by Gasteiger charge is -2.18. The quantitative estimate of drug-likeness (QED) is 0.0957. The maximum Gasteiger partial charge on any atom is 0.253 e. The van der Waals surface area contributed by atoms with E-state index in [2.05, 4.69) is 21.3 Å². The Morgan fingerprint density at radius 3 is 0.750 bits per heavy atom. The average Bonchev–Trinajstić information content (AvgIpc) is 4.32. The number of likely N-dealkylation sites (tertiary alicyclic amines) is 2. The van der Waals surface area contributed by atoms with Crippen LogP contribution in [0.25, 0.3) is 0 Å². The van der Waals surface area contributed by atoms with Crippen molar-refractivity contribution in [1.82, 2.24) is 31.1 Å². The molecule has 5 aromatic carbocycles. The molecule has 12 atom stereocenters. The first-order valence-corrected chi connectivity index (χ1v) is 24.7. The first-order valence-electron chi connectivity index (χ1n) is 24.7. The highest BCUT2D eigenvalue weighted by atomic mass is 19.1. The molecule has 11 rings (SSSR count). The minimum absolute atomic E-state index is 0.00850. The van der Waals surface area contributed by atoms with Crippen molar-refractivity contribution in [3.63, 3.8) is 0 Å². The standard InChI is InChI=1S/C56H52F4N6O6/c57-35-13-5-29(6-14-35)39-21-47(39)61-51(67)43-25-65(26-44(43)52(68)62-48-22-40(48)30-7-15-36(58)16-8-30)55(71)33-1-2-34(4-3-33)56(72)66-27-45(53(69)63-49-23-41(49)31-9-17-37(59)18-10-31)46(28-66)54(70)64-50-24-42(50)32-11-19-38(60)20-12-32/h1-20,39-50H,21-28H2,(H,61,67)(H,62,68)(H,63,69)(H,64,70)/t39-,40-,41-,42-,43-,44-,45-,46-,47+,48+,49+,50+/m1/s1. The van der Waals surface area contributed by atoms with E-state index in [1.165, 1.54) is 82.6 Å². The Labute approximate surface area is 412 Å². The van der Waals surface area contributed by atoms with E-state index in [4.69, 9.17) is 0 Å². The Kier molecular flexibility index (Phi) is 12.4. The van der Waals surface area contributed by atoms with E-state index in [0.717, 1.165) is 22.3 Å². The second kappa shape index (κ2) is 19.0. The van der Waals surface area contributed by atoms with Gasteiger partial charge in [-0.1, -0.05) is 48.5 Å². The number of halogens is 4. The van der Waals surface area contributed by atoms with Gasteiger partial charge in [0.1, 0.15) is 23.3 Å². The topological polar surface area (TPSA) is 157 Å². The Morgan fingerprint density at radius 2 is 0.542 bits per heavy atom. The van der Waals surface area contributed by atoms with E-state index in [0.29, 0.717) is 25.7 Å². The Hall–Kier alpha value is -7.36. The second-order valence-corrected chi connectivity index (χ2v) is 20.5. The van der Waals surface area contributed by atoms with Crippen LogP contribution >= 0.6 is 0 Å². The summed E-state index contributed by atoms with van der Waals surface area (Å²) in [7, 11) is 0. The second-order valence-electron chi connectivity index (χ2n) is 20.5. The Balaban J connectivity index is 0.757. The lowest BCUT2D eigenvalue weighted by molar-refractivity contribution is -0.133. The number of rotatable bonds is 14. The summed E-state index contributed by atoms with van der Waals surface area (Å²) in [5.74, 6) is -7.34. The third kappa shape index (κ3) is 9.95. The van der Waals surface area contributed by atoms with Crippen molar-refractivity contribution in [2.24, 2.45) is 23.7 Å². The summed E-state index contributed by atoms with van der Waals surface area (Å²) < 4.78 is 54.5. The normalized spacial score (nSPS) is 28.7. The lowest BCUT2D eigenvalue weighted by Crippen LogP contribution is -2.43. The van der Waals surface area contributed by atoms with E-state index < -0.39 is 35.5 Å². The van der Waals surface area contributed by atoms with Crippen LogP contribution in [-0.4, -0.2) is 95.6 Å². The number of hydrogen-bond donors (Lipinski definition) is 4. The lowest BCUT2D eigenvalue weighted by atomic mass is 9.94. The highest BCUT2D eigenvalue weighted by Gasteiger charge is 2.51. The van der Waals surface area contributed by atoms with Crippen molar-refractivity contribution in [1.29, 1.82) is 0 Å². The molecule has 370 valence electrons. The first-order chi connectivity index (χ1) is 34.7. The van der Waals surface area contributed by atoms with Gasteiger partial charge in [0.25, 0.3) is 11.8 Å². The third-order valence-corrected chi connectivity index (χ3v) is 15.6. The number of benzene rings is 5. The molecular formula is C56H52F4N6O6. The number of nitrogens with one attached hydrogen (secondary N) is 4. The molecule has 0 spiro atoms. The van der Waals surface area contributed by atoms with Crippen LogP contribution < -0.4 is 21.3 Å². The number of carbonyl (C=O) groups excluding carboxylic acids is 6. The summed E-state index contributed by atoms with van der Waals surface area (Å²) in [4.78, 5) is 87.2. The van der Waals surface area contributed by atoms with Crippen molar-refractivity contribution in [2.75, 3.05) is 26.2 Å². The van der Waals surface area contributed by atoms with Crippen molar-refractivity contribution >= 4 is 35.4 Å². The summed E-state index contributed by atoms with van der Waals surface area (Å²) in [6.07, 6.45) is 2.59. The number of nitrogens with zero attached hydrogens (tertiary/aromatic N) is 2. The van der Waals surface area contributed by atoms with Crippen molar-refractivity contribution in [2.45, 2.75) is 73.5 Å². The van der Waals surface area contributed by atoms with E-state index >= 15 is 0 Å². The van der Waals surface area contributed by atoms with Gasteiger partial charge in [-0.3, -0.25) is 28.8 Å². The van der Waals surface area contributed by atoms with Gasteiger partial charge in [-0.05, 0) is 121 Å². The Morgan fingerprint density at radius 1 is 0.333 bits per heavy atom. The largest absolute Gasteiger partial charge is 0.352 e. The van der Waals surface area contributed by atoms with Crippen molar-refractivity contribution < 1.29 is 46.3 Å². The zero-order chi connectivity index (χ0) is 49.9. The van der Waals surface area contributed by atoms with Crippen LogP contribution in [0.4, 0.5) is 17.6 Å². The molecule has 12 nitrogen and oxygen atoms in total. The van der Waals surface area contributed by atoms with Crippen LogP contribution in [-0.2, 0) is 19.2 Å². The van der Waals surface area contributed by atoms with Gasteiger partial charge in [0.2, 0.25) is 23.6 Å². The van der Waals surface area contributed by atoms with Gasteiger partial charge in [-0.25, -0.2) is 17.6 Å². The number of carbonyl (C=O) groups is 6. The minimum Gasteiger partial charge on any atom is -0.352 e. The molecule has 4 aliphatic carbocycles. The van der Waals surface area contributed by atoms with Gasteiger partial charge < -0.3 is 31.1 Å². The maximum absolute atomic E-state index is 14.2. The van der Waals surface area contributed by atoms with E-state index in [1.807, 2.05) is 0 Å². The van der Waals surface area contributed by atoms with Crippen LogP contribution in [0, 0.1) is 46.9 Å². The summed E-state index contributed by atoms with van der Waals surface area (Å²) >= 11 is 0. The molecule has 0 radical (unpaired) electrons. The molecule has 6 aliphatic rings. The Bertz CT molecular complexity index is 2560. The van der Waals surface area contributed by atoms with Crippen LogP contribution in [0.15, 0.2) is 121 Å². The van der Waals surface area contributed by atoms with Crippen LogP contribution in [0.2, 0.25) is 0 Å². The van der Waals surface area contributed by atoms with Gasteiger partial charge in [0, 0.05) is 85.1 Å². The van der Waals surface area contributed by atoms with E-state index in [1.54, 1.807) is 48.5 Å². The van der Waals surface area contributed by atoms with Crippen LogP contribution in [0.5, 0.6) is 0 Å². The summed E-state index contributed by atoms with van der Waals surface area (Å²) in [6.45, 7) is -0.162. The molecule has 2 aliphatic heterocycles. The molecular weight excluding hydrogens is 929 g/mol. The molecule has 4 N–H and O–H groups in total. The van der Waals surface area contributed by atoms with Gasteiger partial charge in [0.15, 0.2) is 0 Å². The highest BCUT2D eigenvalue weighted by molar-refractivity contribution is 6.00. The van der Waals surface area contributed by atoms with Gasteiger partial charge >= 0.3 is 0 Å². The molecule has 5 aromatic rings. The average molecular weight is 981 g/mol. The molecule has 0 bridgehead atoms. The monoisotopic (exact) mass is 980 g/mol. The van der Waals surface area contributed by atoms with E-state index in [-0.39, 0.29) is 132 Å². The fourth-order valence-corrected chi connectivity index (χ4v) is 11.0. The summed E-state index contributed by atoms with van der Waals surface area (Å²) in [6, 6.07) is 29.6. The van der Waals surface area contributed by atoms with Gasteiger partial charge in [0.05, 0.1) is 23.7 Å². The number of amides is 6. The molecule has 72 heavy (non-hydrogen) atoms. The molecule has 16 heteroatoms. The zero-order valence-electron chi connectivity index (χ0n) is 39.0. The predicted molar refractivity (Wildman–Crippen MR) is 255 cm³/mol. The molecule has 6 fully saturated rings. The third-order valence-electron chi connectivity index (χ3n) is 15.6. The predicted octanol–water partition coefficient (Wildman–Crippen LogP) is 6.31. The summed E-state index contributed by atoms with van der Waals surface area (Å²) in [5.41, 5.74) is 4.00. The summed E-state index contributed by atoms with van der Waals surface area (Å²) in [5, 5.41) is 12.2. The highest BCUT2D eigenvalue weighted by Crippen LogP contribution is 2.45. The van der Waals surface area contributed by atoms with Crippen LogP contribution in [0.1, 0.15) is 92.3 Å². The molecule has 2 saturated heterocycles. The fraction of sp³-hybridized carbons (Fsp3) is 0.357. The molecule has 0 aromatic heterocycles. The van der Waals surface area contributed by atoms with Crippen LogP contribution in [0.3, 0.4) is 0 Å². The zero-order valence-corrected chi connectivity index (χ0v) is 39.0.